The van der Waals surface area contributed by atoms with Crippen molar-refractivity contribution in [1.82, 2.24) is 15.2 Å². The number of aromatic nitrogens is 3. The first-order valence-corrected chi connectivity index (χ1v) is 7.08. The second-order valence-electron chi connectivity index (χ2n) is 4.85. The molecule has 106 valence electrons. The van der Waals surface area contributed by atoms with Crippen molar-refractivity contribution in [2.24, 2.45) is 5.73 Å². The Bertz CT molecular complexity index is 707. The summed E-state index contributed by atoms with van der Waals surface area (Å²) in [6.45, 7) is 0. The number of nitrogens with zero attached hydrogens (tertiary/aromatic N) is 2. The van der Waals surface area contributed by atoms with Crippen LogP contribution in [0.4, 0.5) is 0 Å². The molecule has 0 saturated carbocycles. The summed E-state index contributed by atoms with van der Waals surface area (Å²) in [5.74, 6) is 1.31. The zero-order valence-electron chi connectivity index (χ0n) is 11.3. The Kier molecular flexibility index (Phi) is 3.99. The Hall–Kier alpha value is -2.17. The van der Waals surface area contributed by atoms with E-state index >= 15 is 0 Å². The number of nitrogens with two attached hydrogens (primary N) is 1. The van der Waals surface area contributed by atoms with Crippen LogP contribution in [0.5, 0.6) is 0 Å². The average Bonchev–Trinajstić information content (AvgIpc) is 2.99. The van der Waals surface area contributed by atoms with Crippen LogP contribution < -0.4 is 5.73 Å². The van der Waals surface area contributed by atoms with Gasteiger partial charge in [-0.1, -0.05) is 41.9 Å². The predicted molar refractivity (Wildman–Crippen MR) is 83.9 cm³/mol. The van der Waals surface area contributed by atoms with Crippen molar-refractivity contribution in [2.75, 3.05) is 0 Å². The van der Waals surface area contributed by atoms with Gasteiger partial charge in [0.1, 0.15) is 5.82 Å². The summed E-state index contributed by atoms with van der Waals surface area (Å²) >= 11 is 5.88. The van der Waals surface area contributed by atoms with Crippen LogP contribution in [0.2, 0.25) is 5.02 Å². The average molecular weight is 299 g/mol. The van der Waals surface area contributed by atoms with E-state index in [4.69, 9.17) is 17.3 Å². The SMILES string of the molecule is N[C@@H](Cc1ccccc1)c1nc(-c2ccc(Cl)cc2)n[nH]1. The lowest BCUT2D eigenvalue weighted by molar-refractivity contribution is 0.671. The lowest BCUT2D eigenvalue weighted by Gasteiger charge is -2.07. The molecule has 0 aliphatic carbocycles. The fourth-order valence-electron chi connectivity index (χ4n) is 2.13. The van der Waals surface area contributed by atoms with Crippen molar-refractivity contribution in [2.45, 2.75) is 12.5 Å². The Morgan fingerprint density at radius 2 is 1.76 bits per heavy atom. The summed E-state index contributed by atoms with van der Waals surface area (Å²) < 4.78 is 0. The monoisotopic (exact) mass is 298 g/mol. The van der Waals surface area contributed by atoms with Gasteiger partial charge in [0.05, 0.1) is 6.04 Å². The molecule has 0 fully saturated rings. The summed E-state index contributed by atoms with van der Waals surface area (Å²) in [4.78, 5) is 4.47. The largest absolute Gasteiger partial charge is 0.321 e. The number of H-pyrrole nitrogens is 1. The molecule has 0 amide bonds. The first-order valence-electron chi connectivity index (χ1n) is 6.70. The zero-order valence-corrected chi connectivity index (χ0v) is 12.1. The number of hydrogen-bond acceptors (Lipinski definition) is 3. The minimum absolute atomic E-state index is 0.207. The van der Waals surface area contributed by atoms with Gasteiger partial charge in [-0.25, -0.2) is 4.98 Å². The maximum absolute atomic E-state index is 6.19. The third kappa shape index (κ3) is 3.29. The highest BCUT2D eigenvalue weighted by Crippen LogP contribution is 2.20. The van der Waals surface area contributed by atoms with E-state index in [9.17, 15) is 0 Å². The molecule has 0 aliphatic heterocycles. The van der Waals surface area contributed by atoms with Crippen molar-refractivity contribution < 1.29 is 0 Å². The van der Waals surface area contributed by atoms with Crippen LogP contribution >= 0.6 is 11.6 Å². The van der Waals surface area contributed by atoms with E-state index in [1.54, 1.807) is 0 Å². The number of hydrogen-bond donors (Lipinski definition) is 2. The predicted octanol–water partition coefficient (Wildman–Crippen LogP) is 3.37. The maximum Gasteiger partial charge on any atom is 0.181 e. The van der Waals surface area contributed by atoms with Crippen LogP contribution in [0, 0.1) is 0 Å². The smallest absolute Gasteiger partial charge is 0.181 e. The van der Waals surface area contributed by atoms with E-state index in [0.717, 1.165) is 12.0 Å². The Morgan fingerprint density at radius 1 is 1.05 bits per heavy atom. The van der Waals surface area contributed by atoms with Crippen LogP contribution in [0.25, 0.3) is 11.4 Å². The van der Waals surface area contributed by atoms with Gasteiger partial charge in [-0.15, -0.1) is 0 Å². The van der Waals surface area contributed by atoms with Gasteiger partial charge < -0.3 is 5.73 Å². The first kappa shape index (κ1) is 13.8. The lowest BCUT2D eigenvalue weighted by Crippen LogP contribution is -2.15. The first-order chi connectivity index (χ1) is 10.2. The van der Waals surface area contributed by atoms with Gasteiger partial charge in [-0.3, -0.25) is 5.10 Å². The van der Waals surface area contributed by atoms with Crippen LogP contribution in [-0.4, -0.2) is 15.2 Å². The summed E-state index contributed by atoms with van der Waals surface area (Å²) in [7, 11) is 0. The minimum atomic E-state index is -0.207. The molecular weight excluding hydrogens is 284 g/mol. The standard InChI is InChI=1S/C16H15ClN4/c17-13-8-6-12(7-9-13)15-19-16(21-20-15)14(18)10-11-4-2-1-3-5-11/h1-9,14H,10,18H2,(H,19,20,21)/t14-/m0/s1. The van der Waals surface area contributed by atoms with Crippen LogP contribution in [0.15, 0.2) is 54.6 Å². The number of aromatic amines is 1. The van der Waals surface area contributed by atoms with Crippen LogP contribution in [0.3, 0.4) is 0 Å². The van der Waals surface area contributed by atoms with Gasteiger partial charge in [0.2, 0.25) is 0 Å². The highest BCUT2D eigenvalue weighted by Gasteiger charge is 2.13. The molecule has 0 aliphatic rings. The minimum Gasteiger partial charge on any atom is -0.321 e. The molecule has 1 atom stereocenters. The van der Waals surface area contributed by atoms with Crippen molar-refractivity contribution in [3.05, 3.63) is 71.0 Å². The molecule has 3 aromatic rings. The quantitative estimate of drug-likeness (QED) is 0.776. The van der Waals surface area contributed by atoms with E-state index in [0.29, 0.717) is 16.7 Å². The van der Waals surface area contributed by atoms with Crippen molar-refractivity contribution in [3.63, 3.8) is 0 Å². The van der Waals surface area contributed by atoms with Gasteiger partial charge in [-0.05, 0) is 36.2 Å². The summed E-state index contributed by atoms with van der Waals surface area (Å²) in [5, 5.41) is 7.83. The Labute approximate surface area is 128 Å². The second kappa shape index (κ2) is 6.08. The molecule has 5 heteroatoms. The van der Waals surface area contributed by atoms with Crippen molar-refractivity contribution in [3.8, 4) is 11.4 Å². The summed E-state index contributed by atoms with van der Waals surface area (Å²) in [6, 6.07) is 17.3. The molecule has 3 N–H and O–H groups in total. The molecule has 3 rings (SSSR count). The van der Waals surface area contributed by atoms with E-state index < -0.39 is 0 Å². The maximum atomic E-state index is 6.19. The highest BCUT2D eigenvalue weighted by molar-refractivity contribution is 6.30. The van der Waals surface area contributed by atoms with Crippen LogP contribution in [-0.2, 0) is 6.42 Å². The molecule has 0 unspecified atom stereocenters. The van der Waals surface area contributed by atoms with Gasteiger partial charge in [0.15, 0.2) is 5.82 Å². The number of rotatable bonds is 4. The van der Waals surface area contributed by atoms with Crippen molar-refractivity contribution >= 4 is 11.6 Å². The topological polar surface area (TPSA) is 67.6 Å². The normalized spacial score (nSPS) is 12.3. The van der Waals surface area contributed by atoms with Gasteiger partial charge in [-0.2, -0.15) is 5.10 Å². The molecule has 2 aromatic carbocycles. The lowest BCUT2D eigenvalue weighted by atomic mass is 10.1. The highest BCUT2D eigenvalue weighted by atomic mass is 35.5. The fourth-order valence-corrected chi connectivity index (χ4v) is 2.26. The van der Waals surface area contributed by atoms with Crippen molar-refractivity contribution in [1.29, 1.82) is 0 Å². The third-order valence-corrected chi connectivity index (χ3v) is 3.51. The molecule has 1 aromatic heterocycles. The number of benzene rings is 2. The number of halogens is 1. The zero-order chi connectivity index (χ0) is 14.7. The molecule has 0 radical (unpaired) electrons. The third-order valence-electron chi connectivity index (χ3n) is 3.25. The van der Waals surface area contributed by atoms with E-state index in [1.807, 2.05) is 42.5 Å². The van der Waals surface area contributed by atoms with Gasteiger partial charge >= 0.3 is 0 Å². The summed E-state index contributed by atoms with van der Waals surface area (Å²) in [6.07, 6.45) is 0.718. The van der Waals surface area contributed by atoms with E-state index in [2.05, 4.69) is 27.3 Å². The fraction of sp³-hybridized carbons (Fsp3) is 0.125. The molecular formula is C16H15ClN4. The molecule has 1 heterocycles. The van der Waals surface area contributed by atoms with Gasteiger partial charge in [0, 0.05) is 10.6 Å². The molecule has 21 heavy (non-hydrogen) atoms. The van der Waals surface area contributed by atoms with Crippen LogP contribution in [0.1, 0.15) is 17.4 Å². The van der Waals surface area contributed by atoms with E-state index in [1.165, 1.54) is 5.56 Å². The summed E-state index contributed by atoms with van der Waals surface area (Å²) in [5.41, 5.74) is 8.27. The van der Waals surface area contributed by atoms with E-state index in [-0.39, 0.29) is 6.04 Å². The molecule has 4 nitrogen and oxygen atoms in total. The Morgan fingerprint density at radius 3 is 2.48 bits per heavy atom. The van der Waals surface area contributed by atoms with Gasteiger partial charge in [0.25, 0.3) is 0 Å². The second-order valence-corrected chi connectivity index (χ2v) is 5.28. The molecule has 0 spiro atoms. The number of nitrogens with one attached hydrogen (secondary N) is 1. The molecule has 0 bridgehead atoms. The molecule has 0 saturated heterocycles. The Balaban J connectivity index is 1.76.